The van der Waals surface area contributed by atoms with Crippen molar-refractivity contribution < 1.29 is 8.42 Å². The zero-order chi connectivity index (χ0) is 14.3. The van der Waals surface area contributed by atoms with Gasteiger partial charge >= 0.3 is 0 Å². The maximum Gasteiger partial charge on any atom is 0.184 e. The minimum atomic E-state index is -3.17. The Morgan fingerprint density at radius 3 is 2.32 bits per heavy atom. The van der Waals surface area contributed by atoms with Crippen LogP contribution in [-0.4, -0.2) is 25.5 Å². The van der Waals surface area contributed by atoms with Crippen molar-refractivity contribution >= 4 is 37.5 Å². The fraction of sp³-hybridized carbons (Fsp3) is 0.385. The standard InChI is InChI=1S/C13H16BrNO2S2/c1-13(2,10-7-5-4-6-8-10)15-9-18-12(11(15)14)19(3,16)17/h4-8H,9H2,1-3H3. The second kappa shape index (κ2) is 5.14. The first-order valence-corrected chi connectivity index (χ1v) is 9.47. The molecule has 0 saturated heterocycles. The Hall–Kier alpha value is -0.460. The van der Waals surface area contributed by atoms with Gasteiger partial charge in [-0.05, 0) is 35.3 Å². The van der Waals surface area contributed by atoms with Gasteiger partial charge in [0.15, 0.2) is 9.84 Å². The first kappa shape index (κ1) is 14.9. The molecule has 0 radical (unpaired) electrons. The molecule has 1 aromatic carbocycles. The number of rotatable bonds is 3. The molecular weight excluding hydrogens is 346 g/mol. The van der Waals surface area contributed by atoms with E-state index in [1.807, 2.05) is 18.2 Å². The van der Waals surface area contributed by atoms with Crippen LogP contribution in [0.4, 0.5) is 0 Å². The van der Waals surface area contributed by atoms with Crippen LogP contribution < -0.4 is 0 Å². The zero-order valence-corrected chi connectivity index (χ0v) is 14.3. The van der Waals surface area contributed by atoms with Gasteiger partial charge in [-0.1, -0.05) is 42.1 Å². The number of benzene rings is 1. The number of hydrogen-bond acceptors (Lipinski definition) is 4. The Bertz CT molecular complexity index is 609. The molecule has 0 spiro atoms. The van der Waals surface area contributed by atoms with E-state index in [1.54, 1.807) is 0 Å². The third-order valence-corrected chi connectivity index (χ3v) is 7.54. The van der Waals surface area contributed by atoms with Crippen LogP contribution in [0.5, 0.6) is 0 Å². The lowest BCUT2D eigenvalue weighted by molar-refractivity contribution is 0.217. The van der Waals surface area contributed by atoms with Gasteiger partial charge in [0.25, 0.3) is 0 Å². The fourth-order valence-corrected chi connectivity index (χ4v) is 6.34. The molecular formula is C13H16BrNO2S2. The third-order valence-electron chi connectivity index (χ3n) is 3.22. The van der Waals surface area contributed by atoms with E-state index in [9.17, 15) is 8.42 Å². The number of sulfone groups is 1. The van der Waals surface area contributed by atoms with E-state index in [4.69, 9.17) is 0 Å². The number of hydrogen-bond donors (Lipinski definition) is 0. The predicted molar refractivity (Wildman–Crippen MR) is 84.6 cm³/mol. The van der Waals surface area contributed by atoms with E-state index in [-0.39, 0.29) is 5.54 Å². The maximum atomic E-state index is 11.7. The number of nitrogens with zero attached hydrogens (tertiary/aromatic N) is 1. The summed E-state index contributed by atoms with van der Waals surface area (Å²) in [5, 5.41) is 0. The van der Waals surface area contributed by atoms with Crippen molar-refractivity contribution in [2.45, 2.75) is 19.4 Å². The lowest BCUT2D eigenvalue weighted by Gasteiger charge is -2.37. The van der Waals surface area contributed by atoms with Crippen molar-refractivity contribution in [1.29, 1.82) is 0 Å². The van der Waals surface area contributed by atoms with Gasteiger partial charge in [-0.15, -0.1) is 0 Å². The Kier molecular flexibility index (Phi) is 4.05. The average molecular weight is 362 g/mol. The normalized spacial score (nSPS) is 17.2. The maximum absolute atomic E-state index is 11.7. The highest BCUT2D eigenvalue weighted by Crippen LogP contribution is 2.45. The van der Waals surface area contributed by atoms with E-state index in [0.29, 0.717) is 14.7 Å². The molecule has 3 nitrogen and oxygen atoms in total. The Labute approximate surface area is 127 Å². The molecule has 6 heteroatoms. The van der Waals surface area contributed by atoms with Gasteiger partial charge in [0.2, 0.25) is 0 Å². The van der Waals surface area contributed by atoms with E-state index < -0.39 is 9.84 Å². The van der Waals surface area contributed by atoms with Crippen LogP contribution in [0.3, 0.4) is 0 Å². The molecule has 1 aliphatic rings. The molecule has 2 rings (SSSR count). The van der Waals surface area contributed by atoms with E-state index in [2.05, 4.69) is 46.8 Å². The highest BCUT2D eigenvalue weighted by Gasteiger charge is 2.37. The van der Waals surface area contributed by atoms with E-state index in [0.717, 1.165) is 5.56 Å². The van der Waals surface area contributed by atoms with Crippen molar-refractivity contribution in [2.75, 3.05) is 12.1 Å². The molecule has 0 saturated carbocycles. The van der Waals surface area contributed by atoms with Gasteiger partial charge in [-0.25, -0.2) is 8.42 Å². The van der Waals surface area contributed by atoms with Gasteiger partial charge in [0.05, 0.1) is 11.4 Å². The summed E-state index contributed by atoms with van der Waals surface area (Å²) in [7, 11) is -3.17. The quantitative estimate of drug-likeness (QED) is 0.772. The molecule has 1 aromatic rings. The van der Waals surface area contributed by atoms with Crippen LogP contribution in [0.25, 0.3) is 0 Å². The summed E-state index contributed by atoms with van der Waals surface area (Å²) in [4.78, 5) is 2.07. The molecule has 0 atom stereocenters. The van der Waals surface area contributed by atoms with Crippen LogP contribution in [0.2, 0.25) is 0 Å². The van der Waals surface area contributed by atoms with Crippen molar-refractivity contribution in [1.82, 2.24) is 4.90 Å². The van der Waals surface area contributed by atoms with Gasteiger partial charge in [-0.3, -0.25) is 0 Å². The van der Waals surface area contributed by atoms with Crippen LogP contribution in [0.1, 0.15) is 19.4 Å². The highest BCUT2D eigenvalue weighted by atomic mass is 79.9. The van der Waals surface area contributed by atoms with Gasteiger partial charge in [0, 0.05) is 6.26 Å². The van der Waals surface area contributed by atoms with Crippen LogP contribution >= 0.6 is 27.7 Å². The minimum Gasteiger partial charge on any atom is -0.346 e. The molecule has 0 N–H and O–H groups in total. The molecule has 1 heterocycles. The van der Waals surface area contributed by atoms with Crippen LogP contribution in [-0.2, 0) is 15.4 Å². The molecule has 0 fully saturated rings. The minimum absolute atomic E-state index is 0.264. The van der Waals surface area contributed by atoms with E-state index >= 15 is 0 Å². The summed E-state index contributed by atoms with van der Waals surface area (Å²) in [5.41, 5.74) is 0.891. The summed E-state index contributed by atoms with van der Waals surface area (Å²) in [5.74, 6) is 0.630. The van der Waals surface area contributed by atoms with Gasteiger partial charge < -0.3 is 4.90 Å². The Morgan fingerprint density at radius 2 is 1.84 bits per heavy atom. The largest absolute Gasteiger partial charge is 0.346 e. The average Bonchev–Trinajstić information content (AvgIpc) is 2.72. The molecule has 0 bridgehead atoms. The van der Waals surface area contributed by atoms with Gasteiger partial charge in [0.1, 0.15) is 8.84 Å². The Balaban J connectivity index is 2.42. The van der Waals surface area contributed by atoms with Gasteiger partial charge in [-0.2, -0.15) is 0 Å². The third kappa shape index (κ3) is 2.85. The van der Waals surface area contributed by atoms with E-state index in [1.165, 1.54) is 18.0 Å². The first-order chi connectivity index (χ1) is 8.74. The van der Waals surface area contributed by atoms with Crippen LogP contribution in [0.15, 0.2) is 39.2 Å². The summed E-state index contributed by atoms with van der Waals surface area (Å²) < 4.78 is 24.5. The summed E-state index contributed by atoms with van der Waals surface area (Å²) in [6, 6.07) is 10.1. The lowest BCUT2D eigenvalue weighted by atomic mass is 9.93. The molecule has 1 aliphatic heterocycles. The van der Waals surface area contributed by atoms with Crippen molar-refractivity contribution in [2.24, 2.45) is 0 Å². The molecule has 19 heavy (non-hydrogen) atoms. The monoisotopic (exact) mass is 361 g/mol. The fourth-order valence-electron chi connectivity index (χ4n) is 2.02. The van der Waals surface area contributed by atoms with Crippen molar-refractivity contribution in [3.63, 3.8) is 0 Å². The van der Waals surface area contributed by atoms with Crippen molar-refractivity contribution in [3.8, 4) is 0 Å². The molecule has 104 valence electrons. The predicted octanol–water partition coefficient (Wildman–Crippen LogP) is 3.49. The molecule has 0 amide bonds. The Morgan fingerprint density at radius 1 is 1.26 bits per heavy atom. The smallest absolute Gasteiger partial charge is 0.184 e. The second-order valence-corrected chi connectivity index (χ2v) is 8.89. The second-order valence-electron chi connectivity index (χ2n) is 4.98. The number of thioether (sulfide) groups is 1. The molecule has 0 aromatic heterocycles. The zero-order valence-electron chi connectivity index (χ0n) is 11.1. The first-order valence-electron chi connectivity index (χ1n) is 5.80. The highest BCUT2D eigenvalue weighted by molar-refractivity contribution is 9.11. The van der Waals surface area contributed by atoms with Crippen molar-refractivity contribution in [3.05, 3.63) is 44.7 Å². The number of halogens is 1. The lowest BCUT2D eigenvalue weighted by Crippen LogP contribution is -2.37. The summed E-state index contributed by atoms with van der Waals surface area (Å²) in [6.07, 6.45) is 1.25. The summed E-state index contributed by atoms with van der Waals surface area (Å²) in [6.45, 7) is 4.19. The summed E-state index contributed by atoms with van der Waals surface area (Å²) >= 11 is 4.80. The van der Waals surface area contributed by atoms with Crippen LogP contribution in [0, 0.1) is 0 Å². The topological polar surface area (TPSA) is 37.4 Å². The molecule has 0 aliphatic carbocycles. The SMILES string of the molecule is CC(C)(c1ccccc1)N1CSC(S(C)(=O)=O)=C1Br. The molecule has 0 unspecified atom stereocenters.